The molecule has 3 heteroatoms. The molecule has 0 spiro atoms. The molecule has 4 fully saturated rings. The number of hydrogen-bond acceptors (Lipinski definition) is 3. The Morgan fingerprint density at radius 3 is 2.31 bits per heavy atom. The lowest BCUT2D eigenvalue weighted by Crippen LogP contribution is -2.50. The van der Waals surface area contributed by atoms with Crippen LogP contribution in [0.25, 0.3) is 0 Å². The van der Waals surface area contributed by atoms with Crippen molar-refractivity contribution in [2.75, 3.05) is 13.2 Å². The van der Waals surface area contributed by atoms with Crippen molar-refractivity contribution in [1.29, 1.82) is 0 Å². The van der Waals surface area contributed by atoms with E-state index in [1.54, 1.807) is 0 Å². The van der Waals surface area contributed by atoms with Crippen molar-refractivity contribution in [3.63, 3.8) is 0 Å². The summed E-state index contributed by atoms with van der Waals surface area (Å²) in [4.78, 5) is 24.1. The number of hydrogen-bond donors (Lipinski definition) is 0. The van der Waals surface area contributed by atoms with Gasteiger partial charge < -0.3 is 4.74 Å². The molecule has 0 aromatic heterocycles. The van der Waals surface area contributed by atoms with Crippen LogP contribution < -0.4 is 0 Å². The Balaban J connectivity index is 0.000000292. The molecule has 26 heavy (non-hydrogen) atoms. The quantitative estimate of drug-likeness (QED) is 0.619. The van der Waals surface area contributed by atoms with E-state index in [2.05, 4.69) is 13.8 Å². The second-order valence-corrected chi connectivity index (χ2v) is 9.71. The second kappa shape index (κ2) is 6.89. The molecule has 4 aliphatic carbocycles. The Morgan fingerprint density at radius 2 is 1.62 bits per heavy atom. The minimum absolute atomic E-state index is 0.0246. The van der Waals surface area contributed by atoms with Crippen molar-refractivity contribution < 1.29 is 14.3 Å². The zero-order valence-corrected chi connectivity index (χ0v) is 16.5. The fraction of sp³-hybridized carbons (Fsp3) is 0.826. The van der Waals surface area contributed by atoms with Gasteiger partial charge in [0.05, 0.1) is 0 Å². The van der Waals surface area contributed by atoms with Crippen LogP contribution in [-0.4, -0.2) is 24.8 Å². The summed E-state index contributed by atoms with van der Waals surface area (Å²) in [5.41, 5.74) is 1.64. The van der Waals surface area contributed by atoms with Crippen LogP contribution in [0.5, 0.6) is 0 Å². The van der Waals surface area contributed by atoms with E-state index in [1.165, 1.54) is 31.3 Å². The first-order chi connectivity index (χ1) is 12.4. The third kappa shape index (κ3) is 2.91. The molecule has 3 saturated carbocycles. The summed E-state index contributed by atoms with van der Waals surface area (Å²) in [6.07, 6.45) is 12.8. The van der Waals surface area contributed by atoms with Crippen LogP contribution in [-0.2, 0) is 14.3 Å². The summed E-state index contributed by atoms with van der Waals surface area (Å²) < 4.78 is 4.94. The summed E-state index contributed by atoms with van der Waals surface area (Å²) in [7, 11) is 0. The lowest BCUT2D eigenvalue weighted by molar-refractivity contribution is -0.132. The summed E-state index contributed by atoms with van der Waals surface area (Å²) in [6, 6.07) is 0. The Labute approximate surface area is 157 Å². The van der Waals surface area contributed by atoms with Crippen LogP contribution in [0, 0.1) is 28.6 Å². The van der Waals surface area contributed by atoms with Gasteiger partial charge in [-0.25, -0.2) is 0 Å². The monoisotopic (exact) mass is 358 g/mol. The van der Waals surface area contributed by atoms with E-state index in [4.69, 9.17) is 4.74 Å². The number of carbonyl (C=O) groups is 2. The lowest BCUT2D eigenvalue weighted by atomic mass is 9.47. The molecule has 5 aliphatic rings. The molecule has 5 atom stereocenters. The third-order valence-corrected chi connectivity index (χ3v) is 8.50. The van der Waals surface area contributed by atoms with Gasteiger partial charge in [-0.15, -0.1) is 0 Å². The molecular weight excluding hydrogens is 324 g/mol. The fourth-order valence-electron chi connectivity index (χ4n) is 6.84. The Hall–Kier alpha value is -0.960. The molecule has 0 radical (unpaired) electrons. The summed E-state index contributed by atoms with van der Waals surface area (Å²) in [5, 5.41) is 0. The van der Waals surface area contributed by atoms with Gasteiger partial charge in [0.25, 0.3) is 0 Å². The number of carbonyl (C=O) groups excluding carboxylic acids is 2. The van der Waals surface area contributed by atoms with Crippen LogP contribution in [0.3, 0.4) is 0 Å². The van der Waals surface area contributed by atoms with Crippen LogP contribution >= 0.6 is 0 Å². The van der Waals surface area contributed by atoms with Gasteiger partial charge in [-0.1, -0.05) is 19.4 Å². The van der Waals surface area contributed by atoms with E-state index in [0.29, 0.717) is 29.3 Å². The molecule has 0 N–H and O–H groups in total. The predicted octanol–water partition coefficient (Wildman–Crippen LogP) is 4.88. The van der Waals surface area contributed by atoms with Gasteiger partial charge in [-0.3, -0.25) is 9.59 Å². The fourth-order valence-corrected chi connectivity index (χ4v) is 6.84. The average Bonchev–Trinajstić information content (AvgIpc) is 3.28. The maximum atomic E-state index is 12.4. The maximum Gasteiger partial charge on any atom is 0.155 e. The molecule has 0 aromatic carbocycles. The molecule has 1 saturated heterocycles. The average molecular weight is 359 g/mol. The minimum atomic E-state index is -0.0246. The normalized spacial score (nSPS) is 44.4. The first-order valence-electron chi connectivity index (χ1n) is 10.8. The topological polar surface area (TPSA) is 43.4 Å². The summed E-state index contributed by atoms with van der Waals surface area (Å²) in [5.74, 6) is 2.88. The molecule has 5 rings (SSSR count). The largest absolute Gasteiger partial charge is 0.381 e. The second-order valence-electron chi connectivity index (χ2n) is 9.71. The van der Waals surface area contributed by atoms with Crippen molar-refractivity contribution in [3.8, 4) is 0 Å². The van der Waals surface area contributed by atoms with Crippen molar-refractivity contribution in [2.24, 2.45) is 28.6 Å². The first-order valence-corrected chi connectivity index (χ1v) is 10.8. The van der Waals surface area contributed by atoms with E-state index >= 15 is 0 Å². The van der Waals surface area contributed by atoms with Gasteiger partial charge >= 0.3 is 0 Å². The molecule has 3 nitrogen and oxygen atoms in total. The number of ether oxygens (including phenoxy) is 1. The molecule has 0 amide bonds. The smallest absolute Gasteiger partial charge is 0.155 e. The number of rotatable bonds is 0. The van der Waals surface area contributed by atoms with Gasteiger partial charge in [0.15, 0.2) is 5.78 Å². The number of allylic oxidation sites excluding steroid dienone is 1. The lowest BCUT2D eigenvalue weighted by Gasteiger charge is -2.56. The number of Topliss-reactive ketones (excluding diaryl/α,β-unsaturated/α-hetero) is 1. The zero-order valence-electron chi connectivity index (χ0n) is 16.5. The van der Waals surface area contributed by atoms with Gasteiger partial charge in [0.2, 0.25) is 0 Å². The Kier molecular flexibility index (Phi) is 4.88. The molecule has 1 heterocycles. The number of fused-ring (bicyclic) bond motifs is 5. The summed E-state index contributed by atoms with van der Waals surface area (Å²) >= 11 is 0. The molecule has 0 unspecified atom stereocenters. The highest BCUT2D eigenvalue weighted by Crippen LogP contribution is 2.64. The van der Waals surface area contributed by atoms with Crippen molar-refractivity contribution in [2.45, 2.75) is 78.1 Å². The maximum absolute atomic E-state index is 12.4. The van der Waals surface area contributed by atoms with Crippen molar-refractivity contribution >= 4 is 11.6 Å². The van der Waals surface area contributed by atoms with Gasteiger partial charge in [-0.05, 0) is 80.6 Å². The Bertz CT molecular complexity index is 609. The van der Waals surface area contributed by atoms with E-state index < -0.39 is 0 Å². The zero-order chi connectivity index (χ0) is 18.4. The van der Waals surface area contributed by atoms with E-state index in [-0.39, 0.29) is 10.8 Å². The molecule has 0 bridgehead atoms. The van der Waals surface area contributed by atoms with Gasteiger partial charge in [0, 0.05) is 31.5 Å². The van der Waals surface area contributed by atoms with Crippen LogP contribution in [0.1, 0.15) is 78.1 Å². The van der Waals surface area contributed by atoms with Gasteiger partial charge in [0.1, 0.15) is 5.78 Å². The first kappa shape index (κ1) is 18.4. The van der Waals surface area contributed by atoms with Crippen molar-refractivity contribution in [1.82, 2.24) is 0 Å². The van der Waals surface area contributed by atoms with Crippen LogP contribution in [0.15, 0.2) is 11.6 Å². The molecule has 144 valence electrons. The Morgan fingerprint density at radius 1 is 0.885 bits per heavy atom. The van der Waals surface area contributed by atoms with E-state index in [9.17, 15) is 9.59 Å². The van der Waals surface area contributed by atoms with Gasteiger partial charge in [-0.2, -0.15) is 0 Å². The van der Waals surface area contributed by atoms with E-state index in [1.807, 2.05) is 6.08 Å². The highest BCUT2D eigenvalue weighted by Gasteiger charge is 2.58. The number of ketones is 2. The SMILES string of the molecule is C1CCOC1.C[C@]12CCC(=O)C=C1CC[C@@H]1[C@@H]2CC[C@]2(C)C(=O)CC[C@@H]12. The highest BCUT2D eigenvalue weighted by molar-refractivity contribution is 5.91. The molecular formula is C23H34O3. The standard InChI is InChI=1S/C19H26O2.C4H8O/c1-18-9-7-13(20)11-12(18)3-4-14-15-5-6-17(21)19(15,2)10-8-16(14)18;1-2-4-5-3-1/h11,14-16H,3-10H2,1-2H3;1-4H2/t14-,15-,16-,18-,19-;/m0./s1. The molecule has 1 aliphatic heterocycles. The minimum Gasteiger partial charge on any atom is -0.381 e. The van der Waals surface area contributed by atoms with Crippen LogP contribution in [0.4, 0.5) is 0 Å². The van der Waals surface area contributed by atoms with Crippen LogP contribution in [0.2, 0.25) is 0 Å². The molecule has 0 aromatic rings. The predicted molar refractivity (Wildman–Crippen MR) is 102 cm³/mol. The third-order valence-electron chi connectivity index (χ3n) is 8.50. The van der Waals surface area contributed by atoms with Crippen molar-refractivity contribution in [3.05, 3.63) is 11.6 Å². The van der Waals surface area contributed by atoms with E-state index in [0.717, 1.165) is 51.7 Å². The summed E-state index contributed by atoms with van der Waals surface area (Å²) in [6.45, 7) is 6.64. The highest BCUT2D eigenvalue weighted by atomic mass is 16.5.